The Balaban J connectivity index is 1.94. The van der Waals surface area contributed by atoms with Gasteiger partial charge in [-0.2, -0.15) is 0 Å². The van der Waals surface area contributed by atoms with E-state index in [2.05, 4.69) is 4.72 Å². The Labute approximate surface area is 150 Å². The molecule has 8 heteroatoms. The number of anilines is 1. The molecule has 2 aromatic carbocycles. The maximum atomic E-state index is 12.5. The van der Waals surface area contributed by atoms with Gasteiger partial charge in [-0.05, 0) is 55.8 Å². The van der Waals surface area contributed by atoms with E-state index >= 15 is 0 Å². The molecule has 0 spiro atoms. The minimum atomic E-state index is -3.74. The third-order valence-corrected chi connectivity index (χ3v) is 5.11. The first-order valence-corrected chi connectivity index (χ1v) is 9.19. The van der Waals surface area contributed by atoms with Gasteiger partial charge in [0, 0.05) is 11.3 Å². The Hall–Kier alpha value is -3.13. The molecule has 7 nitrogen and oxygen atoms in total. The van der Waals surface area contributed by atoms with E-state index in [-0.39, 0.29) is 16.5 Å². The predicted molar refractivity (Wildman–Crippen MR) is 97.5 cm³/mol. The minimum absolute atomic E-state index is 0.153. The lowest BCUT2D eigenvalue weighted by Gasteiger charge is -2.10. The largest absolute Gasteiger partial charge is 0.433 e. The first-order valence-electron chi connectivity index (χ1n) is 7.70. The fourth-order valence-electron chi connectivity index (χ4n) is 2.50. The van der Waals surface area contributed by atoms with Gasteiger partial charge in [-0.15, -0.1) is 0 Å². The van der Waals surface area contributed by atoms with Gasteiger partial charge in [-0.25, -0.2) is 8.42 Å². The van der Waals surface area contributed by atoms with E-state index in [0.29, 0.717) is 11.3 Å². The number of rotatable bonds is 5. The fourth-order valence-corrected chi connectivity index (χ4v) is 3.54. The van der Waals surface area contributed by atoms with Gasteiger partial charge in [0.1, 0.15) is 10.7 Å². The summed E-state index contributed by atoms with van der Waals surface area (Å²) in [5, 5.41) is 10.8. The number of furan rings is 1. The van der Waals surface area contributed by atoms with Crippen LogP contribution >= 0.6 is 0 Å². The van der Waals surface area contributed by atoms with Gasteiger partial charge in [0.25, 0.3) is 10.0 Å². The summed E-state index contributed by atoms with van der Waals surface area (Å²) >= 11 is 0. The van der Waals surface area contributed by atoms with E-state index in [1.807, 2.05) is 6.92 Å². The number of sulfonamides is 1. The second-order valence-electron chi connectivity index (χ2n) is 5.90. The first kappa shape index (κ1) is 17.7. The predicted octanol–water partition coefficient (Wildman–Crippen LogP) is 4.27. The second-order valence-corrected chi connectivity index (χ2v) is 7.58. The SMILES string of the molecule is Cc1ccc(S(=O)(=O)Nc2cc(C)cc(-c3ccc([N+](=O)[O-])o3)c2)cc1. The van der Waals surface area contributed by atoms with Crippen LogP contribution in [-0.4, -0.2) is 13.3 Å². The van der Waals surface area contributed by atoms with Crippen molar-refractivity contribution in [1.82, 2.24) is 0 Å². The highest BCUT2D eigenvalue weighted by atomic mass is 32.2. The molecule has 1 N–H and O–H groups in total. The Morgan fingerprint density at radius 3 is 2.27 bits per heavy atom. The zero-order chi connectivity index (χ0) is 18.9. The molecule has 26 heavy (non-hydrogen) atoms. The number of hydrogen-bond donors (Lipinski definition) is 1. The average molecular weight is 372 g/mol. The monoisotopic (exact) mass is 372 g/mol. The highest BCUT2D eigenvalue weighted by Crippen LogP contribution is 2.30. The topological polar surface area (TPSA) is 102 Å². The van der Waals surface area contributed by atoms with E-state index in [1.54, 1.807) is 37.3 Å². The van der Waals surface area contributed by atoms with Crippen LogP contribution in [0.4, 0.5) is 11.6 Å². The molecule has 0 saturated heterocycles. The van der Waals surface area contributed by atoms with Gasteiger partial charge < -0.3 is 4.42 Å². The molecule has 0 amide bonds. The minimum Gasteiger partial charge on any atom is -0.401 e. The molecule has 0 unspecified atom stereocenters. The molecule has 1 heterocycles. The molecule has 1 aromatic heterocycles. The summed E-state index contributed by atoms with van der Waals surface area (Å²) in [6, 6.07) is 14.2. The lowest BCUT2D eigenvalue weighted by molar-refractivity contribution is -0.401. The van der Waals surface area contributed by atoms with Crippen molar-refractivity contribution in [3.63, 3.8) is 0 Å². The molecule has 0 saturated carbocycles. The normalized spacial score (nSPS) is 11.3. The summed E-state index contributed by atoms with van der Waals surface area (Å²) in [7, 11) is -3.74. The second kappa shape index (κ2) is 6.64. The van der Waals surface area contributed by atoms with E-state index in [9.17, 15) is 18.5 Å². The summed E-state index contributed by atoms with van der Waals surface area (Å²) in [4.78, 5) is 10.3. The van der Waals surface area contributed by atoms with Crippen molar-refractivity contribution in [3.8, 4) is 11.3 Å². The zero-order valence-electron chi connectivity index (χ0n) is 14.1. The van der Waals surface area contributed by atoms with Crippen molar-refractivity contribution in [2.24, 2.45) is 0 Å². The molecular weight excluding hydrogens is 356 g/mol. The van der Waals surface area contributed by atoms with Gasteiger partial charge in [0.15, 0.2) is 0 Å². The van der Waals surface area contributed by atoms with E-state index in [1.165, 1.54) is 24.3 Å². The van der Waals surface area contributed by atoms with Crippen LogP contribution in [0.15, 0.2) is 63.9 Å². The maximum Gasteiger partial charge on any atom is 0.433 e. The third-order valence-electron chi connectivity index (χ3n) is 3.72. The van der Waals surface area contributed by atoms with Gasteiger partial charge in [-0.1, -0.05) is 17.7 Å². The first-order chi connectivity index (χ1) is 12.2. The number of benzene rings is 2. The van der Waals surface area contributed by atoms with Crippen molar-refractivity contribution >= 4 is 21.6 Å². The summed E-state index contributed by atoms with van der Waals surface area (Å²) in [6.07, 6.45) is 0. The van der Waals surface area contributed by atoms with Crippen LogP contribution in [0.3, 0.4) is 0 Å². The maximum absolute atomic E-state index is 12.5. The quantitative estimate of drug-likeness (QED) is 0.532. The van der Waals surface area contributed by atoms with Crippen molar-refractivity contribution in [2.45, 2.75) is 18.7 Å². The number of hydrogen-bond acceptors (Lipinski definition) is 5. The van der Waals surface area contributed by atoms with Gasteiger partial charge in [0.05, 0.1) is 11.0 Å². The molecule has 0 radical (unpaired) electrons. The lowest BCUT2D eigenvalue weighted by atomic mass is 10.1. The standard InChI is InChI=1S/C18H16N2O5S/c1-12-3-5-16(6-4-12)26(23,24)19-15-10-13(2)9-14(11-15)17-7-8-18(25-17)20(21)22/h3-11,19H,1-2H3. The summed E-state index contributed by atoms with van der Waals surface area (Å²) in [5.74, 6) is -0.0838. The van der Waals surface area contributed by atoms with Gasteiger partial charge in [0.2, 0.25) is 0 Å². The molecule has 0 aliphatic carbocycles. The number of nitro groups is 1. The molecule has 0 atom stereocenters. The fraction of sp³-hybridized carbons (Fsp3) is 0.111. The average Bonchev–Trinajstić information content (AvgIpc) is 3.04. The van der Waals surface area contributed by atoms with Crippen molar-refractivity contribution < 1.29 is 17.8 Å². The number of nitrogens with one attached hydrogen (secondary N) is 1. The van der Waals surface area contributed by atoms with E-state index in [0.717, 1.165) is 11.1 Å². The Morgan fingerprint density at radius 2 is 1.65 bits per heavy atom. The smallest absolute Gasteiger partial charge is 0.401 e. The Morgan fingerprint density at radius 1 is 0.962 bits per heavy atom. The summed E-state index contributed by atoms with van der Waals surface area (Å²) in [5.41, 5.74) is 2.63. The third kappa shape index (κ3) is 3.75. The molecule has 0 bridgehead atoms. The molecule has 134 valence electrons. The molecule has 3 aromatic rings. The highest BCUT2D eigenvalue weighted by Gasteiger charge is 2.17. The lowest BCUT2D eigenvalue weighted by Crippen LogP contribution is -2.13. The number of aryl methyl sites for hydroxylation is 2. The van der Waals surface area contributed by atoms with E-state index < -0.39 is 14.9 Å². The molecular formula is C18H16N2O5S. The molecule has 0 fully saturated rings. The summed E-state index contributed by atoms with van der Waals surface area (Å²) < 4.78 is 32.8. The Kier molecular flexibility index (Phi) is 4.52. The number of nitrogens with zero attached hydrogens (tertiary/aromatic N) is 1. The van der Waals surface area contributed by atoms with Crippen LogP contribution in [0.1, 0.15) is 11.1 Å². The summed E-state index contributed by atoms with van der Waals surface area (Å²) in [6.45, 7) is 3.67. The van der Waals surface area contributed by atoms with Crippen molar-refractivity contribution in [1.29, 1.82) is 0 Å². The van der Waals surface area contributed by atoms with Gasteiger partial charge >= 0.3 is 5.88 Å². The zero-order valence-corrected chi connectivity index (χ0v) is 14.9. The highest BCUT2D eigenvalue weighted by molar-refractivity contribution is 7.92. The van der Waals surface area contributed by atoms with Crippen LogP contribution in [-0.2, 0) is 10.0 Å². The van der Waals surface area contributed by atoms with Crippen LogP contribution < -0.4 is 4.72 Å². The molecule has 3 rings (SSSR count). The van der Waals surface area contributed by atoms with Crippen molar-refractivity contribution in [2.75, 3.05) is 4.72 Å². The van der Waals surface area contributed by atoms with E-state index in [4.69, 9.17) is 4.42 Å². The molecule has 0 aliphatic heterocycles. The van der Waals surface area contributed by atoms with Gasteiger partial charge in [-0.3, -0.25) is 14.8 Å². The van der Waals surface area contributed by atoms with Crippen molar-refractivity contribution in [3.05, 3.63) is 75.8 Å². The van der Waals surface area contributed by atoms with Crippen LogP contribution in [0.5, 0.6) is 0 Å². The van der Waals surface area contributed by atoms with Crippen LogP contribution in [0, 0.1) is 24.0 Å². The van der Waals surface area contributed by atoms with Crippen LogP contribution in [0.2, 0.25) is 0 Å². The Bertz CT molecular complexity index is 1070. The molecule has 0 aliphatic rings. The van der Waals surface area contributed by atoms with Crippen LogP contribution in [0.25, 0.3) is 11.3 Å².